The molecule has 23 heavy (non-hydrogen) atoms. The minimum absolute atomic E-state index is 0.364. The van der Waals surface area contributed by atoms with Gasteiger partial charge in [-0.15, -0.1) is 0 Å². The zero-order valence-corrected chi connectivity index (χ0v) is 12.0. The van der Waals surface area contributed by atoms with Gasteiger partial charge in [-0.2, -0.15) is 10.4 Å². The van der Waals surface area contributed by atoms with Crippen LogP contribution in [0.1, 0.15) is 28.8 Å². The van der Waals surface area contributed by atoms with Gasteiger partial charge >= 0.3 is 0 Å². The highest BCUT2D eigenvalue weighted by Crippen LogP contribution is 2.32. The summed E-state index contributed by atoms with van der Waals surface area (Å²) in [5.74, 6) is -0.364. The van der Waals surface area contributed by atoms with Crippen LogP contribution in [0.15, 0.2) is 61.2 Å². The largest absolute Gasteiger partial charge is 0.386 e. The molecule has 0 fully saturated rings. The van der Waals surface area contributed by atoms with Crippen molar-refractivity contribution in [1.29, 1.82) is 5.26 Å². The molecule has 0 saturated heterocycles. The molecule has 0 aliphatic rings. The second kappa shape index (κ2) is 6.38. The first-order valence-corrected chi connectivity index (χ1v) is 6.97. The van der Waals surface area contributed by atoms with E-state index in [1.165, 1.54) is 41.6 Å². The molecule has 5 nitrogen and oxygen atoms in total. The fourth-order valence-electron chi connectivity index (χ4n) is 2.44. The summed E-state index contributed by atoms with van der Waals surface area (Å²) in [6.45, 7) is 0. The van der Waals surface area contributed by atoms with Crippen molar-refractivity contribution in [3.63, 3.8) is 0 Å². The van der Waals surface area contributed by atoms with Gasteiger partial charge in [0.25, 0.3) is 0 Å². The first-order valence-electron chi connectivity index (χ1n) is 6.97. The maximum Gasteiger partial charge on any atom is 0.137 e. The third-order valence-corrected chi connectivity index (χ3v) is 3.61. The summed E-state index contributed by atoms with van der Waals surface area (Å²) in [7, 11) is 0. The van der Waals surface area contributed by atoms with Gasteiger partial charge in [-0.3, -0.25) is 0 Å². The van der Waals surface area contributed by atoms with Crippen molar-refractivity contribution in [2.75, 3.05) is 0 Å². The van der Waals surface area contributed by atoms with E-state index in [-0.39, 0.29) is 5.82 Å². The topological polar surface area (TPSA) is 74.7 Å². The van der Waals surface area contributed by atoms with Gasteiger partial charge < -0.3 is 5.11 Å². The van der Waals surface area contributed by atoms with Gasteiger partial charge in [0.2, 0.25) is 0 Å². The standard InChI is InChI=1S/C17H13FN4O/c18-15-7-5-14(6-8-15)17(23)16(22-11-20-10-21-22)13-3-1-12(9-19)2-4-13/h1-8,10-11,16-17,23H. The van der Waals surface area contributed by atoms with E-state index >= 15 is 0 Å². The van der Waals surface area contributed by atoms with Gasteiger partial charge in [-0.05, 0) is 35.4 Å². The number of nitriles is 1. The van der Waals surface area contributed by atoms with E-state index in [4.69, 9.17) is 5.26 Å². The second-order valence-corrected chi connectivity index (χ2v) is 5.05. The van der Waals surface area contributed by atoms with Crippen LogP contribution in [-0.4, -0.2) is 19.9 Å². The van der Waals surface area contributed by atoms with Crippen LogP contribution in [0.4, 0.5) is 4.39 Å². The van der Waals surface area contributed by atoms with Gasteiger partial charge in [0.15, 0.2) is 0 Å². The summed E-state index contributed by atoms with van der Waals surface area (Å²) in [6, 6.07) is 14.1. The molecule has 3 aromatic rings. The summed E-state index contributed by atoms with van der Waals surface area (Å²) in [4.78, 5) is 3.92. The molecule has 1 N–H and O–H groups in total. The quantitative estimate of drug-likeness (QED) is 0.804. The van der Waals surface area contributed by atoms with Crippen molar-refractivity contribution >= 4 is 0 Å². The smallest absolute Gasteiger partial charge is 0.137 e. The van der Waals surface area contributed by atoms with Gasteiger partial charge in [-0.25, -0.2) is 14.1 Å². The number of aromatic nitrogens is 3. The second-order valence-electron chi connectivity index (χ2n) is 5.05. The number of aliphatic hydroxyl groups excluding tert-OH is 1. The van der Waals surface area contributed by atoms with Crippen molar-refractivity contribution in [2.24, 2.45) is 0 Å². The third-order valence-electron chi connectivity index (χ3n) is 3.61. The van der Waals surface area contributed by atoms with Crippen LogP contribution in [0.5, 0.6) is 0 Å². The lowest BCUT2D eigenvalue weighted by Gasteiger charge is -2.24. The molecule has 0 spiro atoms. The van der Waals surface area contributed by atoms with Crippen LogP contribution >= 0.6 is 0 Å². The third kappa shape index (κ3) is 3.10. The summed E-state index contributed by atoms with van der Waals surface area (Å²) in [6.07, 6.45) is 1.95. The Balaban J connectivity index is 2.01. The maximum atomic E-state index is 13.1. The van der Waals surface area contributed by atoms with Crippen molar-refractivity contribution in [2.45, 2.75) is 12.1 Å². The SMILES string of the molecule is N#Cc1ccc(C(C(O)c2ccc(F)cc2)n2cncn2)cc1. The van der Waals surface area contributed by atoms with Crippen LogP contribution < -0.4 is 0 Å². The van der Waals surface area contributed by atoms with Crippen LogP contribution in [0, 0.1) is 17.1 Å². The molecule has 6 heteroatoms. The Morgan fingerprint density at radius 1 is 1.04 bits per heavy atom. The Morgan fingerprint density at radius 2 is 1.70 bits per heavy atom. The molecule has 0 radical (unpaired) electrons. The molecule has 1 aromatic heterocycles. The normalized spacial score (nSPS) is 13.3. The lowest BCUT2D eigenvalue weighted by atomic mass is 9.95. The molecule has 1 heterocycles. The maximum absolute atomic E-state index is 13.1. The monoisotopic (exact) mass is 308 g/mol. The van der Waals surface area contributed by atoms with Crippen molar-refractivity contribution in [3.8, 4) is 6.07 Å². The number of hydrogen-bond acceptors (Lipinski definition) is 4. The zero-order valence-electron chi connectivity index (χ0n) is 12.0. The molecule has 0 bridgehead atoms. The molecular weight excluding hydrogens is 295 g/mol. The highest BCUT2D eigenvalue weighted by atomic mass is 19.1. The highest BCUT2D eigenvalue weighted by Gasteiger charge is 2.25. The average molecular weight is 308 g/mol. The van der Waals surface area contributed by atoms with E-state index in [0.717, 1.165) is 5.56 Å². The summed E-state index contributed by atoms with van der Waals surface area (Å²) >= 11 is 0. The molecule has 0 amide bonds. The Hall–Kier alpha value is -3.04. The molecule has 114 valence electrons. The Kier molecular flexibility index (Phi) is 4.13. The van der Waals surface area contributed by atoms with Gasteiger partial charge in [-0.1, -0.05) is 24.3 Å². The molecule has 0 saturated carbocycles. The minimum atomic E-state index is -0.940. The van der Waals surface area contributed by atoms with E-state index in [9.17, 15) is 9.50 Å². The first kappa shape index (κ1) is 14.9. The Bertz CT molecular complexity index is 807. The molecule has 2 aromatic carbocycles. The van der Waals surface area contributed by atoms with E-state index in [2.05, 4.69) is 16.2 Å². The molecule has 3 rings (SSSR count). The van der Waals surface area contributed by atoms with Crippen molar-refractivity contribution in [1.82, 2.24) is 14.8 Å². The predicted molar refractivity (Wildman–Crippen MR) is 80.7 cm³/mol. The van der Waals surface area contributed by atoms with Gasteiger partial charge in [0, 0.05) is 0 Å². The fraction of sp³-hybridized carbons (Fsp3) is 0.118. The molecule has 0 aliphatic heterocycles. The first-order chi connectivity index (χ1) is 11.2. The average Bonchev–Trinajstić information content (AvgIpc) is 3.10. The van der Waals surface area contributed by atoms with E-state index in [0.29, 0.717) is 11.1 Å². The van der Waals surface area contributed by atoms with E-state index in [1.54, 1.807) is 24.3 Å². The Labute approximate surface area is 132 Å². The van der Waals surface area contributed by atoms with Gasteiger partial charge in [0.05, 0.1) is 11.6 Å². The van der Waals surface area contributed by atoms with E-state index < -0.39 is 12.1 Å². The van der Waals surface area contributed by atoms with Crippen LogP contribution in [0.25, 0.3) is 0 Å². The summed E-state index contributed by atoms with van der Waals surface area (Å²) in [5, 5.41) is 23.8. The van der Waals surface area contributed by atoms with Crippen molar-refractivity contribution in [3.05, 3.63) is 83.7 Å². The molecule has 2 atom stereocenters. The number of benzene rings is 2. The zero-order chi connectivity index (χ0) is 16.2. The number of hydrogen-bond donors (Lipinski definition) is 1. The van der Waals surface area contributed by atoms with Crippen LogP contribution in [0.2, 0.25) is 0 Å². The predicted octanol–water partition coefficient (Wildman–Crippen LogP) is 2.61. The van der Waals surface area contributed by atoms with E-state index in [1.807, 2.05) is 0 Å². The van der Waals surface area contributed by atoms with Gasteiger partial charge in [0.1, 0.15) is 30.6 Å². The summed E-state index contributed by atoms with van der Waals surface area (Å²) in [5.41, 5.74) is 1.87. The number of nitrogens with zero attached hydrogens (tertiary/aromatic N) is 4. The lowest BCUT2D eigenvalue weighted by Crippen LogP contribution is -2.20. The number of halogens is 1. The highest BCUT2D eigenvalue weighted by molar-refractivity contribution is 5.34. The molecule has 0 aliphatic carbocycles. The van der Waals surface area contributed by atoms with Crippen LogP contribution in [0.3, 0.4) is 0 Å². The molecule has 2 unspecified atom stereocenters. The van der Waals surface area contributed by atoms with Crippen LogP contribution in [-0.2, 0) is 0 Å². The number of rotatable bonds is 4. The Morgan fingerprint density at radius 3 is 2.26 bits per heavy atom. The molecular formula is C17H13FN4O. The lowest BCUT2D eigenvalue weighted by molar-refractivity contribution is 0.125. The number of aliphatic hydroxyl groups is 1. The van der Waals surface area contributed by atoms with Crippen molar-refractivity contribution < 1.29 is 9.50 Å². The minimum Gasteiger partial charge on any atom is -0.386 e. The fourth-order valence-corrected chi connectivity index (χ4v) is 2.44. The summed E-state index contributed by atoms with van der Waals surface area (Å²) < 4.78 is 14.6.